The first kappa shape index (κ1) is 13.0. The fourth-order valence-corrected chi connectivity index (χ4v) is 1.68. The van der Waals surface area contributed by atoms with E-state index in [2.05, 4.69) is 0 Å². The van der Waals surface area contributed by atoms with Crippen molar-refractivity contribution in [2.45, 2.75) is 17.4 Å². The molecular weight excluding hydrogens is 227 g/mol. The lowest BCUT2D eigenvalue weighted by Gasteiger charge is -2.20. The Labute approximate surface area is 99.1 Å². The largest absolute Gasteiger partial charge is 0.368 e. The molecule has 1 amide bonds. The number of nitrogens with two attached hydrogens (primary N) is 1. The van der Waals surface area contributed by atoms with E-state index in [4.69, 9.17) is 5.73 Å². The molecule has 1 aromatic rings. The molecule has 0 saturated heterocycles. The average molecular weight is 242 g/mol. The van der Waals surface area contributed by atoms with Crippen molar-refractivity contribution in [3.05, 3.63) is 29.8 Å². The van der Waals surface area contributed by atoms with E-state index >= 15 is 0 Å². The zero-order valence-corrected chi connectivity index (χ0v) is 10.1. The molecule has 1 aromatic carbocycles. The molecule has 0 saturated carbocycles. The summed E-state index contributed by atoms with van der Waals surface area (Å²) in [6.45, 7) is 0. The number of nitrogens with zero attached hydrogens (tertiary/aromatic N) is 1. The van der Waals surface area contributed by atoms with Gasteiger partial charge in [-0.15, -0.1) is 0 Å². The molecular formula is C11H15FN2OS. The van der Waals surface area contributed by atoms with Crippen LogP contribution in [0.15, 0.2) is 29.2 Å². The third kappa shape index (κ3) is 3.50. The van der Waals surface area contributed by atoms with Gasteiger partial charge in [0.2, 0.25) is 5.91 Å². The summed E-state index contributed by atoms with van der Waals surface area (Å²) < 4.78 is 12.2. The lowest BCUT2D eigenvalue weighted by molar-refractivity contribution is -0.122. The van der Waals surface area contributed by atoms with Crippen LogP contribution in [-0.4, -0.2) is 30.9 Å². The Bertz CT molecular complexity index is 354. The Morgan fingerprint density at radius 2 is 2.00 bits per heavy atom. The second-order valence-corrected chi connectivity index (χ2v) is 4.43. The SMILES string of the molecule is CN(C)C(Cc1ccc(SF)cc1)C(N)=O. The number of hydrogen-bond acceptors (Lipinski definition) is 3. The summed E-state index contributed by atoms with van der Waals surface area (Å²) >= 11 is 0.207. The molecule has 0 bridgehead atoms. The van der Waals surface area contributed by atoms with Crippen molar-refractivity contribution in [3.8, 4) is 0 Å². The molecule has 0 heterocycles. The number of amides is 1. The topological polar surface area (TPSA) is 46.3 Å². The number of carbonyl (C=O) groups excluding carboxylic acids is 1. The predicted octanol–water partition coefficient (Wildman–Crippen LogP) is 1.62. The van der Waals surface area contributed by atoms with Crippen molar-refractivity contribution in [2.24, 2.45) is 5.73 Å². The summed E-state index contributed by atoms with van der Waals surface area (Å²) in [4.78, 5) is 13.5. The molecule has 0 aliphatic heterocycles. The Hall–Kier alpha value is -1.07. The Kier molecular flexibility index (Phi) is 4.76. The molecule has 0 aliphatic rings. The highest BCUT2D eigenvalue weighted by molar-refractivity contribution is 7.94. The minimum atomic E-state index is -0.353. The maximum absolute atomic E-state index is 12.2. The summed E-state index contributed by atoms with van der Waals surface area (Å²) in [7, 11) is 3.61. The van der Waals surface area contributed by atoms with E-state index in [0.717, 1.165) is 5.56 Å². The van der Waals surface area contributed by atoms with Crippen LogP contribution in [-0.2, 0) is 11.2 Å². The maximum Gasteiger partial charge on any atom is 0.235 e. The number of primary amides is 1. The highest BCUT2D eigenvalue weighted by Gasteiger charge is 2.17. The summed E-state index contributed by atoms with van der Waals surface area (Å²) in [6.07, 6.45) is 0.541. The van der Waals surface area contributed by atoms with Crippen LogP contribution in [0.5, 0.6) is 0 Å². The molecule has 1 unspecified atom stereocenters. The molecule has 16 heavy (non-hydrogen) atoms. The fraction of sp³-hybridized carbons (Fsp3) is 0.364. The van der Waals surface area contributed by atoms with E-state index in [-0.39, 0.29) is 24.1 Å². The first-order valence-corrected chi connectivity index (χ1v) is 5.59. The molecule has 88 valence electrons. The third-order valence-electron chi connectivity index (χ3n) is 2.39. The molecule has 1 rings (SSSR count). The van der Waals surface area contributed by atoms with Crippen LogP contribution in [0.25, 0.3) is 0 Å². The van der Waals surface area contributed by atoms with E-state index in [0.29, 0.717) is 11.3 Å². The van der Waals surface area contributed by atoms with Gasteiger partial charge in [0.25, 0.3) is 0 Å². The van der Waals surface area contributed by atoms with Crippen LogP contribution in [0.1, 0.15) is 5.56 Å². The average Bonchev–Trinajstić information content (AvgIpc) is 2.25. The molecule has 0 spiro atoms. The van der Waals surface area contributed by atoms with Gasteiger partial charge in [0.1, 0.15) is 0 Å². The van der Waals surface area contributed by atoms with E-state index in [1.165, 1.54) is 0 Å². The van der Waals surface area contributed by atoms with Gasteiger partial charge in [-0.05, 0) is 38.2 Å². The Balaban J connectivity index is 2.74. The zero-order valence-electron chi connectivity index (χ0n) is 9.31. The zero-order chi connectivity index (χ0) is 12.1. The molecule has 0 fully saturated rings. The van der Waals surface area contributed by atoms with Crippen molar-refractivity contribution in [1.82, 2.24) is 4.90 Å². The van der Waals surface area contributed by atoms with Crippen molar-refractivity contribution >= 4 is 18.1 Å². The van der Waals surface area contributed by atoms with Crippen LogP contribution < -0.4 is 5.73 Å². The summed E-state index contributed by atoms with van der Waals surface area (Å²) in [5.74, 6) is -0.353. The number of likely N-dealkylation sites (N-methyl/N-ethyl adjacent to an activating group) is 1. The van der Waals surface area contributed by atoms with Crippen molar-refractivity contribution in [1.29, 1.82) is 0 Å². The number of carbonyl (C=O) groups is 1. The highest BCUT2D eigenvalue weighted by Crippen LogP contribution is 2.19. The van der Waals surface area contributed by atoms with Gasteiger partial charge < -0.3 is 5.73 Å². The Morgan fingerprint density at radius 3 is 2.38 bits per heavy atom. The van der Waals surface area contributed by atoms with E-state index in [1.807, 2.05) is 0 Å². The predicted molar refractivity (Wildman–Crippen MR) is 63.8 cm³/mol. The summed E-state index contributed by atoms with van der Waals surface area (Å²) in [6, 6.07) is 6.66. The normalized spacial score (nSPS) is 12.8. The minimum absolute atomic E-state index is 0.207. The first-order chi connectivity index (χ1) is 7.54. The summed E-state index contributed by atoms with van der Waals surface area (Å²) in [5, 5.41) is 0. The minimum Gasteiger partial charge on any atom is -0.368 e. The van der Waals surface area contributed by atoms with E-state index < -0.39 is 0 Å². The summed E-state index contributed by atoms with van der Waals surface area (Å²) in [5.41, 5.74) is 6.26. The molecule has 0 aromatic heterocycles. The number of halogens is 1. The molecule has 3 nitrogen and oxygen atoms in total. The van der Waals surface area contributed by atoms with Gasteiger partial charge in [0.15, 0.2) is 0 Å². The van der Waals surface area contributed by atoms with Crippen molar-refractivity contribution < 1.29 is 8.68 Å². The van der Waals surface area contributed by atoms with Gasteiger partial charge in [0.05, 0.1) is 18.2 Å². The smallest absolute Gasteiger partial charge is 0.235 e. The van der Waals surface area contributed by atoms with Gasteiger partial charge in [-0.2, -0.15) is 3.89 Å². The number of benzene rings is 1. The lowest BCUT2D eigenvalue weighted by atomic mass is 10.1. The molecule has 5 heteroatoms. The first-order valence-electron chi connectivity index (χ1n) is 4.88. The van der Waals surface area contributed by atoms with Crippen LogP contribution >= 0.6 is 12.1 Å². The monoisotopic (exact) mass is 242 g/mol. The van der Waals surface area contributed by atoms with E-state index in [9.17, 15) is 8.68 Å². The molecule has 0 radical (unpaired) electrons. The van der Waals surface area contributed by atoms with Crippen LogP contribution in [0.4, 0.5) is 3.89 Å². The van der Waals surface area contributed by atoms with Crippen LogP contribution in [0.3, 0.4) is 0 Å². The fourth-order valence-electron chi connectivity index (χ4n) is 1.44. The van der Waals surface area contributed by atoms with Gasteiger partial charge in [-0.3, -0.25) is 9.69 Å². The van der Waals surface area contributed by atoms with Gasteiger partial charge >= 0.3 is 0 Å². The van der Waals surface area contributed by atoms with Gasteiger partial charge in [0, 0.05) is 4.90 Å². The molecule has 0 aliphatic carbocycles. The highest BCUT2D eigenvalue weighted by atomic mass is 32.2. The number of hydrogen-bond donors (Lipinski definition) is 1. The molecule has 1 atom stereocenters. The molecule has 2 N–H and O–H groups in total. The standard InChI is InChI=1S/C11H15FN2OS/c1-14(2)10(11(13)15)7-8-3-5-9(16-12)6-4-8/h3-6,10H,7H2,1-2H3,(H2,13,15). The van der Waals surface area contributed by atoms with Gasteiger partial charge in [-0.1, -0.05) is 12.1 Å². The third-order valence-corrected chi connectivity index (χ3v) is 2.84. The Morgan fingerprint density at radius 1 is 1.44 bits per heavy atom. The van der Waals surface area contributed by atoms with E-state index in [1.54, 1.807) is 43.3 Å². The van der Waals surface area contributed by atoms with Gasteiger partial charge in [-0.25, -0.2) is 0 Å². The maximum atomic E-state index is 12.2. The van der Waals surface area contributed by atoms with Crippen LogP contribution in [0, 0.1) is 0 Å². The number of rotatable bonds is 5. The van der Waals surface area contributed by atoms with Crippen molar-refractivity contribution in [2.75, 3.05) is 14.1 Å². The van der Waals surface area contributed by atoms with Crippen LogP contribution in [0.2, 0.25) is 0 Å². The second kappa shape index (κ2) is 5.86. The quantitative estimate of drug-likeness (QED) is 0.853. The second-order valence-electron chi connectivity index (χ2n) is 3.81. The lowest BCUT2D eigenvalue weighted by Crippen LogP contribution is -2.41. The van der Waals surface area contributed by atoms with Crippen molar-refractivity contribution in [3.63, 3.8) is 0 Å².